The number of rotatable bonds is 14. The molecule has 3 fully saturated rings. The van der Waals surface area contributed by atoms with Gasteiger partial charge in [-0.25, -0.2) is 0 Å². The van der Waals surface area contributed by atoms with E-state index >= 15 is 0 Å². The van der Waals surface area contributed by atoms with Gasteiger partial charge in [-0.3, -0.25) is 29.5 Å². The number of likely N-dealkylation sites (tertiary alicyclic amines) is 1. The summed E-state index contributed by atoms with van der Waals surface area (Å²) in [5.74, 6) is -0.405. The fourth-order valence-corrected chi connectivity index (χ4v) is 7.98. The van der Waals surface area contributed by atoms with Crippen LogP contribution in [0.3, 0.4) is 0 Å². The van der Waals surface area contributed by atoms with Crippen LogP contribution >= 0.6 is 0 Å². The van der Waals surface area contributed by atoms with Gasteiger partial charge in [0, 0.05) is 24.4 Å². The molecule has 12 nitrogen and oxygen atoms in total. The summed E-state index contributed by atoms with van der Waals surface area (Å²) in [4.78, 5) is 63.2. The monoisotopic (exact) mass is 737 g/mol. The number of aliphatic hydroxyl groups excluding tert-OH is 1. The molecule has 1 spiro atoms. The first-order chi connectivity index (χ1) is 25.0. The Labute approximate surface area is 315 Å². The van der Waals surface area contributed by atoms with Gasteiger partial charge in [0.25, 0.3) is 5.91 Å². The molecule has 2 saturated carbocycles. The molecule has 2 heterocycles. The zero-order chi connectivity index (χ0) is 38.7. The van der Waals surface area contributed by atoms with Crippen LogP contribution in [-0.2, 0) is 24.0 Å². The lowest BCUT2D eigenvalue weighted by Gasteiger charge is -2.36. The molecule has 1 aromatic rings. The van der Waals surface area contributed by atoms with Gasteiger partial charge in [-0.1, -0.05) is 53.4 Å². The SMILES string of the molecule is CCC[C@H](NC(=O)[C@@H]1C[C@]2(C=C(c3cc(C)c(OC(C)C)c(C)c3)NO2)CN1C(=O)[C@@H](NC(=O)CC1CCCCC1)C(C)(C)C)C(O)C(=O)NC1CC1. The van der Waals surface area contributed by atoms with Gasteiger partial charge in [0.05, 0.1) is 24.4 Å². The molecule has 1 unspecified atom stereocenters. The Bertz CT molecular complexity index is 1520. The summed E-state index contributed by atoms with van der Waals surface area (Å²) in [5.41, 5.74) is 4.90. The summed E-state index contributed by atoms with van der Waals surface area (Å²) in [5, 5.41) is 19.9. The molecular formula is C41H63N5O7. The van der Waals surface area contributed by atoms with Crippen molar-refractivity contribution < 1.29 is 33.9 Å². The Morgan fingerprint density at radius 1 is 1.04 bits per heavy atom. The number of hydrogen-bond donors (Lipinski definition) is 5. The van der Waals surface area contributed by atoms with Crippen molar-refractivity contribution in [2.75, 3.05) is 6.54 Å². The largest absolute Gasteiger partial charge is 0.490 e. The number of benzene rings is 1. The summed E-state index contributed by atoms with van der Waals surface area (Å²) in [7, 11) is 0. The molecule has 5 N–H and O–H groups in total. The summed E-state index contributed by atoms with van der Waals surface area (Å²) in [6.07, 6.45) is 9.18. The quantitative estimate of drug-likeness (QED) is 0.183. The van der Waals surface area contributed by atoms with E-state index in [2.05, 4.69) is 21.4 Å². The van der Waals surface area contributed by atoms with Crippen LogP contribution in [0, 0.1) is 25.2 Å². The van der Waals surface area contributed by atoms with Gasteiger partial charge in [0.15, 0.2) is 6.10 Å². The lowest BCUT2D eigenvalue weighted by atomic mass is 9.84. The van der Waals surface area contributed by atoms with Gasteiger partial charge in [-0.05, 0) is 100 Å². The zero-order valence-electron chi connectivity index (χ0n) is 33.1. The van der Waals surface area contributed by atoms with Gasteiger partial charge in [0.1, 0.15) is 23.4 Å². The van der Waals surface area contributed by atoms with Crippen LogP contribution < -0.4 is 26.2 Å². The maximum absolute atomic E-state index is 14.7. The van der Waals surface area contributed by atoms with Crippen molar-refractivity contribution in [1.82, 2.24) is 26.3 Å². The number of aryl methyl sites for hydroxylation is 2. The van der Waals surface area contributed by atoms with Crippen molar-refractivity contribution in [3.63, 3.8) is 0 Å². The molecule has 1 aromatic carbocycles. The minimum absolute atomic E-state index is 0.0262. The number of hydrogen-bond acceptors (Lipinski definition) is 8. The van der Waals surface area contributed by atoms with Crippen molar-refractivity contribution in [1.29, 1.82) is 0 Å². The second-order valence-electron chi connectivity index (χ2n) is 17.3. The summed E-state index contributed by atoms with van der Waals surface area (Å²) in [6, 6.07) is 1.36. The Hall–Kier alpha value is -3.64. The fraction of sp³-hybridized carbons (Fsp3) is 0.707. The third-order valence-electron chi connectivity index (χ3n) is 11.0. The molecule has 0 radical (unpaired) electrons. The maximum atomic E-state index is 14.7. The third kappa shape index (κ3) is 10.1. The normalized spacial score (nSPS) is 23.6. The van der Waals surface area contributed by atoms with Crippen LogP contribution in [0.5, 0.6) is 5.75 Å². The average molecular weight is 738 g/mol. The van der Waals surface area contributed by atoms with E-state index in [1.54, 1.807) is 0 Å². The standard InChI is InChI=1S/C41H63N5O7/c1-9-13-30(34(48)38(50)42-29-16-17-29)43-37(49)32-22-41(21-31(45-53-41)28-18-25(4)35(26(5)19-28)52-24(2)3)23-46(32)39(51)36(40(6,7)8)44-33(47)20-27-14-11-10-12-15-27/h18-19,21,24,27,29-30,32,34,36,45,48H,9-17,20,22-23H2,1-8H3,(H,42,50)(H,43,49)(H,44,47)/t30-,32-,34?,36+,41+/m0/s1. The molecule has 5 rings (SSSR count). The molecule has 53 heavy (non-hydrogen) atoms. The highest BCUT2D eigenvalue weighted by Crippen LogP contribution is 2.40. The van der Waals surface area contributed by atoms with Gasteiger partial charge in [-0.2, -0.15) is 0 Å². The number of carbonyl (C=O) groups excluding carboxylic acids is 4. The number of carbonyl (C=O) groups is 4. The second-order valence-corrected chi connectivity index (χ2v) is 17.3. The lowest BCUT2D eigenvalue weighted by molar-refractivity contribution is -0.145. The molecule has 2 aliphatic carbocycles. The highest BCUT2D eigenvalue weighted by Gasteiger charge is 2.54. The smallest absolute Gasteiger partial charge is 0.251 e. The summed E-state index contributed by atoms with van der Waals surface area (Å²) < 4.78 is 6.06. The first-order valence-electron chi connectivity index (χ1n) is 19.8. The second kappa shape index (κ2) is 16.8. The summed E-state index contributed by atoms with van der Waals surface area (Å²) >= 11 is 0. The Balaban J connectivity index is 1.43. The lowest BCUT2D eigenvalue weighted by Crippen LogP contribution is -2.59. The number of amides is 4. The first kappa shape index (κ1) is 40.5. The minimum atomic E-state index is -1.44. The Kier molecular flexibility index (Phi) is 12.8. The minimum Gasteiger partial charge on any atom is -0.490 e. The zero-order valence-corrected chi connectivity index (χ0v) is 33.1. The van der Waals surface area contributed by atoms with Crippen molar-refractivity contribution in [2.45, 2.75) is 168 Å². The average Bonchev–Trinajstić information content (AvgIpc) is 3.68. The molecular weight excluding hydrogens is 674 g/mol. The van der Waals surface area contributed by atoms with Crippen molar-refractivity contribution in [2.24, 2.45) is 11.3 Å². The van der Waals surface area contributed by atoms with Gasteiger partial charge >= 0.3 is 0 Å². The molecule has 0 bridgehead atoms. The van der Waals surface area contributed by atoms with E-state index in [0.29, 0.717) is 30.9 Å². The van der Waals surface area contributed by atoms with E-state index < -0.39 is 47.1 Å². The third-order valence-corrected chi connectivity index (χ3v) is 11.0. The van der Waals surface area contributed by atoms with Crippen LogP contribution in [0.4, 0.5) is 0 Å². The molecule has 12 heteroatoms. The molecule has 0 aromatic heterocycles. The van der Waals surface area contributed by atoms with E-state index in [-0.39, 0.29) is 36.9 Å². The van der Waals surface area contributed by atoms with Crippen LogP contribution in [-0.4, -0.2) is 82.2 Å². The van der Waals surface area contributed by atoms with E-state index in [1.807, 2.05) is 73.6 Å². The predicted molar refractivity (Wildman–Crippen MR) is 203 cm³/mol. The molecule has 1 saturated heterocycles. The van der Waals surface area contributed by atoms with Crippen LogP contribution in [0.25, 0.3) is 5.70 Å². The van der Waals surface area contributed by atoms with Crippen molar-refractivity contribution in [3.05, 3.63) is 34.9 Å². The number of nitrogens with one attached hydrogen (secondary N) is 4. The highest BCUT2D eigenvalue weighted by atomic mass is 16.7. The van der Waals surface area contributed by atoms with E-state index in [1.165, 1.54) is 11.3 Å². The Morgan fingerprint density at radius 2 is 1.70 bits per heavy atom. The summed E-state index contributed by atoms with van der Waals surface area (Å²) in [6.45, 7) is 15.7. The molecule has 4 aliphatic rings. The molecule has 2 aliphatic heterocycles. The van der Waals surface area contributed by atoms with E-state index in [4.69, 9.17) is 9.57 Å². The molecule has 5 atom stereocenters. The van der Waals surface area contributed by atoms with Crippen molar-refractivity contribution >= 4 is 29.3 Å². The highest BCUT2D eigenvalue weighted by molar-refractivity contribution is 5.94. The van der Waals surface area contributed by atoms with Gasteiger partial charge in [0.2, 0.25) is 17.7 Å². The van der Waals surface area contributed by atoms with Crippen LogP contribution in [0.15, 0.2) is 18.2 Å². The number of nitrogens with zero attached hydrogens (tertiary/aromatic N) is 1. The van der Waals surface area contributed by atoms with E-state index in [9.17, 15) is 24.3 Å². The van der Waals surface area contributed by atoms with Gasteiger partial charge < -0.3 is 30.7 Å². The van der Waals surface area contributed by atoms with E-state index in [0.717, 1.165) is 61.0 Å². The number of ether oxygens (including phenoxy) is 1. The van der Waals surface area contributed by atoms with Gasteiger partial charge in [-0.15, -0.1) is 0 Å². The topological polar surface area (TPSA) is 158 Å². The number of aliphatic hydroxyl groups is 1. The Morgan fingerprint density at radius 3 is 2.28 bits per heavy atom. The predicted octanol–water partition coefficient (Wildman–Crippen LogP) is 4.73. The number of hydroxylamine groups is 1. The molecule has 4 amide bonds. The maximum Gasteiger partial charge on any atom is 0.251 e. The van der Waals surface area contributed by atoms with Crippen LogP contribution in [0.2, 0.25) is 0 Å². The fourth-order valence-electron chi connectivity index (χ4n) is 7.98. The van der Waals surface area contributed by atoms with Crippen LogP contribution in [0.1, 0.15) is 129 Å². The molecule has 294 valence electrons. The first-order valence-corrected chi connectivity index (χ1v) is 19.8. The van der Waals surface area contributed by atoms with Crippen molar-refractivity contribution in [3.8, 4) is 5.75 Å².